The van der Waals surface area contributed by atoms with Gasteiger partial charge in [-0.25, -0.2) is 9.97 Å². The molecule has 4 heterocycles. The third-order valence-corrected chi connectivity index (χ3v) is 4.97. The minimum atomic E-state index is -0.400. The highest BCUT2D eigenvalue weighted by atomic mass is 16.5. The second-order valence-electron chi connectivity index (χ2n) is 7.08. The van der Waals surface area contributed by atoms with Crippen molar-refractivity contribution in [1.82, 2.24) is 15.0 Å². The van der Waals surface area contributed by atoms with Gasteiger partial charge in [0.2, 0.25) is 11.5 Å². The molecule has 0 bridgehead atoms. The maximum Gasteiger partial charge on any atom is 0.297 e. The second-order valence-corrected chi connectivity index (χ2v) is 7.08. The number of nitrogens with one attached hydrogen (secondary N) is 2. The summed E-state index contributed by atoms with van der Waals surface area (Å²) in [6, 6.07) is 5.20. The molecular formula is C20H24N6O5. The van der Waals surface area contributed by atoms with Crippen LogP contribution in [0.2, 0.25) is 0 Å². The summed E-state index contributed by atoms with van der Waals surface area (Å²) in [5.41, 5.74) is 1.42. The maximum absolute atomic E-state index is 13.2. The van der Waals surface area contributed by atoms with Gasteiger partial charge >= 0.3 is 0 Å². The van der Waals surface area contributed by atoms with Crippen LogP contribution in [0.25, 0.3) is 11.2 Å². The Morgan fingerprint density at radius 3 is 2.90 bits per heavy atom. The standard InChI is InChI=1S/C20H24N6O5/c1-30-19-14(3-2-6-21-19)23-18(29)13-11-15-16(25-20(31-15)22-7-10-27)24-17(13)26-8-4-12(28)5-9-26/h2-3,6,11-12,27-28H,4-5,7-10H2,1H3,(H,23,29)(H,22,24,25). The lowest BCUT2D eigenvalue weighted by Crippen LogP contribution is -2.37. The number of carbonyl (C=O) groups is 1. The van der Waals surface area contributed by atoms with Gasteiger partial charge in [0.1, 0.15) is 11.5 Å². The van der Waals surface area contributed by atoms with Gasteiger partial charge in [-0.3, -0.25) is 4.79 Å². The molecule has 4 rings (SSSR count). The molecule has 11 heteroatoms. The Labute approximate surface area is 178 Å². The molecule has 11 nitrogen and oxygen atoms in total. The first-order valence-electron chi connectivity index (χ1n) is 9.98. The van der Waals surface area contributed by atoms with Crippen LogP contribution in [-0.2, 0) is 0 Å². The Bertz CT molecular complexity index is 1060. The van der Waals surface area contributed by atoms with E-state index in [1.165, 1.54) is 7.11 Å². The van der Waals surface area contributed by atoms with Crippen LogP contribution in [0.4, 0.5) is 17.5 Å². The van der Waals surface area contributed by atoms with Crippen molar-refractivity contribution in [3.8, 4) is 5.88 Å². The molecule has 1 saturated heterocycles. The first-order chi connectivity index (χ1) is 15.1. The molecule has 0 spiro atoms. The molecule has 0 unspecified atom stereocenters. The molecule has 0 aromatic carbocycles. The number of fused-ring (bicyclic) bond motifs is 1. The number of nitrogens with zero attached hydrogens (tertiary/aromatic N) is 4. The molecule has 1 aliphatic heterocycles. The Morgan fingerprint density at radius 2 is 2.16 bits per heavy atom. The predicted octanol–water partition coefficient (Wildman–Crippen LogP) is 1.24. The third kappa shape index (κ3) is 4.52. The fraction of sp³-hybridized carbons (Fsp3) is 0.400. The zero-order chi connectivity index (χ0) is 21.8. The van der Waals surface area contributed by atoms with Gasteiger partial charge in [-0.15, -0.1) is 0 Å². The fourth-order valence-electron chi connectivity index (χ4n) is 3.42. The van der Waals surface area contributed by atoms with Crippen molar-refractivity contribution >= 4 is 34.7 Å². The summed E-state index contributed by atoms with van der Waals surface area (Å²) in [6.07, 6.45) is 2.37. The minimum Gasteiger partial charge on any atom is -0.480 e. The van der Waals surface area contributed by atoms with E-state index in [1.807, 2.05) is 4.90 Å². The lowest BCUT2D eigenvalue weighted by Gasteiger charge is -2.31. The van der Waals surface area contributed by atoms with Crippen molar-refractivity contribution in [3.05, 3.63) is 30.0 Å². The largest absolute Gasteiger partial charge is 0.480 e. The Kier molecular flexibility index (Phi) is 6.14. The molecule has 0 aliphatic carbocycles. The van der Waals surface area contributed by atoms with E-state index in [1.54, 1.807) is 24.4 Å². The number of anilines is 3. The van der Waals surface area contributed by atoms with Crippen LogP contribution in [0.15, 0.2) is 28.8 Å². The van der Waals surface area contributed by atoms with Crippen molar-refractivity contribution < 1.29 is 24.2 Å². The van der Waals surface area contributed by atoms with Crippen LogP contribution in [0.3, 0.4) is 0 Å². The second kappa shape index (κ2) is 9.14. The molecule has 3 aromatic heterocycles. The van der Waals surface area contributed by atoms with Crippen molar-refractivity contribution in [2.45, 2.75) is 18.9 Å². The highest BCUT2D eigenvalue weighted by Gasteiger charge is 2.26. The molecule has 1 fully saturated rings. The molecule has 1 amide bonds. The van der Waals surface area contributed by atoms with Crippen LogP contribution >= 0.6 is 0 Å². The lowest BCUT2D eigenvalue weighted by molar-refractivity contribution is 0.102. The predicted molar refractivity (Wildman–Crippen MR) is 114 cm³/mol. The molecule has 0 saturated carbocycles. The van der Waals surface area contributed by atoms with Gasteiger partial charge in [0.25, 0.3) is 11.9 Å². The van der Waals surface area contributed by atoms with Crippen molar-refractivity contribution in [1.29, 1.82) is 0 Å². The summed E-state index contributed by atoms with van der Waals surface area (Å²) < 4.78 is 10.9. The number of aliphatic hydroxyl groups is 2. The third-order valence-electron chi connectivity index (χ3n) is 4.97. The van der Waals surface area contributed by atoms with Gasteiger partial charge in [0.05, 0.1) is 25.4 Å². The van der Waals surface area contributed by atoms with E-state index in [-0.39, 0.29) is 25.3 Å². The average molecular weight is 428 g/mol. The zero-order valence-corrected chi connectivity index (χ0v) is 17.0. The quantitative estimate of drug-likeness (QED) is 0.433. The lowest BCUT2D eigenvalue weighted by atomic mass is 10.1. The van der Waals surface area contributed by atoms with E-state index in [2.05, 4.69) is 25.6 Å². The number of aromatic nitrogens is 3. The van der Waals surface area contributed by atoms with E-state index in [0.717, 1.165) is 0 Å². The zero-order valence-electron chi connectivity index (χ0n) is 17.0. The molecule has 3 aromatic rings. The molecule has 4 N–H and O–H groups in total. The summed E-state index contributed by atoms with van der Waals surface area (Å²) in [5, 5.41) is 24.5. The Morgan fingerprint density at radius 1 is 1.35 bits per heavy atom. The van der Waals surface area contributed by atoms with E-state index >= 15 is 0 Å². The highest BCUT2D eigenvalue weighted by Crippen LogP contribution is 2.29. The average Bonchev–Trinajstić information content (AvgIpc) is 3.19. The maximum atomic E-state index is 13.2. The fourth-order valence-corrected chi connectivity index (χ4v) is 3.42. The van der Waals surface area contributed by atoms with Crippen molar-refractivity contribution in [3.63, 3.8) is 0 Å². The molecule has 31 heavy (non-hydrogen) atoms. The SMILES string of the molecule is COc1ncccc1NC(=O)c1cc2oc(NCCO)nc2nc1N1CCC(O)CC1. The number of hydrogen-bond acceptors (Lipinski definition) is 10. The minimum absolute atomic E-state index is 0.0753. The summed E-state index contributed by atoms with van der Waals surface area (Å²) in [6.45, 7) is 1.32. The van der Waals surface area contributed by atoms with E-state index < -0.39 is 5.91 Å². The summed E-state index contributed by atoms with van der Waals surface area (Å²) in [5.74, 6) is 0.354. The number of carbonyl (C=O) groups excluding carboxylic acids is 1. The number of pyridine rings is 2. The number of rotatable bonds is 7. The highest BCUT2D eigenvalue weighted by molar-refractivity contribution is 6.09. The number of piperidine rings is 1. The van der Waals surface area contributed by atoms with Crippen LogP contribution in [0.1, 0.15) is 23.2 Å². The van der Waals surface area contributed by atoms with Crippen LogP contribution < -0.4 is 20.3 Å². The summed E-state index contributed by atoms with van der Waals surface area (Å²) in [7, 11) is 1.48. The monoisotopic (exact) mass is 428 g/mol. The van der Waals surface area contributed by atoms with Crippen LogP contribution in [0.5, 0.6) is 5.88 Å². The summed E-state index contributed by atoms with van der Waals surface area (Å²) >= 11 is 0. The van der Waals surface area contributed by atoms with Crippen LogP contribution in [-0.4, -0.2) is 70.5 Å². The van der Waals surface area contributed by atoms with Crippen LogP contribution in [0, 0.1) is 0 Å². The Balaban J connectivity index is 1.71. The summed E-state index contributed by atoms with van der Waals surface area (Å²) in [4.78, 5) is 28.1. The number of oxazole rings is 1. The normalized spacial score (nSPS) is 14.6. The van der Waals surface area contributed by atoms with E-state index in [4.69, 9.17) is 14.3 Å². The number of ether oxygens (including phenoxy) is 1. The number of aliphatic hydroxyl groups excluding tert-OH is 2. The van der Waals surface area contributed by atoms with Gasteiger partial charge in [-0.05, 0) is 25.0 Å². The number of hydrogen-bond donors (Lipinski definition) is 4. The van der Waals surface area contributed by atoms with Crippen molar-refractivity contribution in [2.75, 3.05) is 48.9 Å². The van der Waals surface area contributed by atoms with Gasteiger partial charge < -0.3 is 34.9 Å². The first-order valence-corrected chi connectivity index (χ1v) is 9.98. The first kappa shape index (κ1) is 20.8. The van der Waals surface area contributed by atoms with E-state index in [9.17, 15) is 9.90 Å². The van der Waals surface area contributed by atoms with Gasteiger partial charge in [-0.2, -0.15) is 4.98 Å². The number of methoxy groups -OCH3 is 1. The van der Waals surface area contributed by atoms with Gasteiger partial charge in [0, 0.05) is 31.9 Å². The molecule has 0 radical (unpaired) electrons. The smallest absolute Gasteiger partial charge is 0.297 e. The van der Waals surface area contributed by atoms with Crippen molar-refractivity contribution in [2.24, 2.45) is 0 Å². The molecule has 0 atom stereocenters. The number of amides is 1. The van der Waals surface area contributed by atoms with E-state index in [0.29, 0.717) is 60.1 Å². The molecule has 164 valence electrons. The van der Waals surface area contributed by atoms with Gasteiger partial charge in [-0.1, -0.05) is 0 Å². The Hall–Kier alpha value is -3.44. The molecule has 1 aliphatic rings. The topological polar surface area (TPSA) is 146 Å². The molecular weight excluding hydrogens is 404 g/mol. The van der Waals surface area contributed by atoms with Gasteiger partial charge in [0.15, 0.2) is 5.58 Å².